The molecule has 0 spiro atoms. The number of likely N-dealkylation sites (tertiary alicyclic amines) is 1. The Bertz CT molecular complexity index is 4040. The van der Waals surface area contributed by atoms with E-state index in [4.69, 9.17) is 4.74 Å². The fourth-order valence-electron chi connectivity index (χ4n) is 11.7. The number of hydrogen-bond acceptors (Lipinski definition) is 17. The second-order valence-corrected chi connectivity index (χ2v) is 29.2. The molecule has 4 aromatic rings. The van der Waals surface area contributed by atoms with Crippen LogP contribution in [0.15, 0.2) is 141 Å². The van der Waals surface area contributed by atoms with Crippen LogP contribution >= 0.6 is 0 Å². The molecule has 3 aromatic carbocycles. The van der Waals surface area contributed by atoms with Crippen molar-refractivity contribution in [2.24, 2.45) is 0 Å². The van der Waals surface area contributed by atoms with E-state index in [-0.39, 0.29) is 57.1 Å². The Morgan fingerprint density at radius 1 is 0.764 bits per heavy atom. The van der Waals surface area contributed by atoms with E-state index < -0.39 is 88.0 Å². The maximum atomic E-state index is 13.0. The molecule has 3 amide bonds. The lowest BCUT2D eigenvalue weighted by Gasteiger charge is -2.27. The van der Waals surface area contributed by atoms with Crippen LogP contribution in [0.3, 0.4) is 0 Å². The molecule has 1 aromatic heterocycles. The van der Waals surface area contributed by atoms with E-state index in [1.807, 2.05) is 56.9 Å². The van der Waals surface area contributed by atoms with Gasteiger partial charge in [0.1, 0.15) is 29.9 Å². The zero-order valence-corrected chi connectivity index (χ0v) is 52.9. The summed E-state index contributed by atoms with van der Waals surface area (Å²) >= 11 is 0. The number of amides is 3. The summed E-state index contributed by atoms with van der Waals surface area (Å²) in [7, 11) is -19.7. The molecule has 25 nitrogen and oxygen atoms in total. The van der Waals surface area contributed by atoms with E-state index in [9.17, 15) is 76.3 Å². The van der Waals surface area contributed by atoms with Gasteiger partial charge in [0.15, 0.2) is 5.71 Å². The first-order valence-electron chi connectivity index (χ1n) is 28.8. The Hall–Kier alpha value is -7.13. The quantitative estimate of drug-likeness (QED) is 0.0114. The molecule has 8 rings (SSSR count). The number of fused-ring (bicyclic) bond motifs is 2. The number of pyridine rings is 1. The number of nitrogens with zero attached hydrogens (tertiary/aromatic N) is 4. The van der Waals surface area contributed by atoms with Crippen molar-refractivity contribution >= 4 is 88.2 Å². The predicted octanol–water partition coefficient (Wildman–Crippen LogP) is 6.37. The molecule has 89 heavy (non-hydrogen) atoms. The van der Waals surface area contributed by atoms with Crippen LogP contribution in [-0.2, 0) is 60.9 Å². The number of unbranched alkanes of at least 4 members (excludes halogenated alkanes) is 3. The van der Waals surface area contributed by atoms with Crippen LogP contribution in [0.1, 0.15) is 127 Å². The molecule has 0 radical (unpaired) electrons. The minimum atomic E-state index is -4.61. The van der Waals surface area contributed by atoms with Gasteiger partial charge in [0, 0.05) is 66.6 Å². The van der Waals surface area contributed by atoms with Gasteiger partial charge in [-0.05, 0) is 174 Å². The Morgan fingerprint density at radius 2 is 1.43 bits per heavy atom. The van der Waals surface area contributed by atoms with Crippen molar-refractivity contribution < 1.29 is 85.6 Å². The van der Waals surface area contributed by atoms with Crippen LogP contribution < -0.4 is 25.8 Å². The predicted molar refractivity (Wildman–Crippen MR) is 331 cm³/mol. The highest BCUT2D eigenvalue weighted by molar-refractivity contribution is 7.86. The molecule has 3 aliphatic heterocycles. The average molecular weight is 1310 g/mol. The van der Waals surface area contributed by atoms with Crippen LogP contribution in [0.2, 0.25) is 0 Å². The number of carbonyl (C=O) groups is 3. The normalized spacial score (nSPS) is 18.8. The van der Waals surface area contributed by atoms with Gasteiger partial charge in [-0.3, -0.25) is 43.4 Å². The lowest BCUT2D eigenvalue weighted by atomic mass is 9.78. The molecule has 0 saturated carbocycles. The molecule has 1 fully saturated rings. The van der Waals surface area contributed by atoms with Gasteiger partial charge in [0.2, 0.25) is 17.5 Å². The number of allylic oxidation sites excluding steroid dienone is 7. The van der Waals surface area contributed by atoms with E-state index in [0.717, 1.165) is 5.71 Å². The highest BCUT2D eigenvalue weighted by Gasteiger charge is 2.46. The first-order valence-corrected chi connectivity index (χ1v) is 34.8. The van der Waals surface area contributed by atoms with Gasteiger partial charge >= 0.3 is 7.12 Å². The van der Waals surface area contributed by atoms with Gasteiger partial charge in [-0.15, -0.1) is 0 Å². The second kappa shape index (κ2) is 27.1. The minimum absolute atomic E-state index is 0.116. The Labute approximate surface area is 518 Å². The number of anilines is 2. The summed E-state index contributed by atoms with van der Waals surface area (Å²) in [5.74, 6) is -1.72. The molecular weight excluding hydrogens is 1230 g/mol. The van der Waals surface area contributed by atoms with Gasteiger partial charge in [-0.25, -0.2) is 4.98 Å². The second-order valence-electron chi connectivity index (χ2n) is 23.3. The van der Waals surface area contributed by atoms with Gasteiger partial charge in [0.25, 0.3) is 46.4 Å². The van der Waals surface area contributed by atoms with Crippen LogP contribution in [0.4, 0.5) is 17.2 Å². The Kier molecular flexibility index (Phi) is 20.7. The number of hydrazine groups is 1. The molecule has 478 valence electrons. The van der Waals surface area contributed by atoms with E-state index in [2.05, 4.69) is 25.7 Å². The van der Waals surface area contributed by atoms with E-state index in [0.29, 0.717) is 116 Å². The number of aromatic nitrogens is 1. The van der Waals surface area contributed by atoms with Gasteiger partial charge < -0.3 is 29.9 Å². The zero-order chi connectivity index (χ0) is 65.0. The summed E-state index contributed by atoms with van der Waals surface area (Å²) in [5, 5.41) is 21.9. The molecule has 1 saturated heterocycles. The molecule has 0 unspecified atom stereocenters. The Balaban J connectivity index is 1.03. The SMILES string of the molecule is C[C@@H](NC(=O)c1ccc(NNC(=O)CCCCC[N+]2=C(C=CC3=C(Oc4ccc(S(=O)(=O)O)cc4)C(=CC=C4N(CCCCS(=O)(=O)O)c5ccc(S(=O)(=O)O)cc5C4(C)C)CCC3)C(C)(C)c3cc(S(=O)(=O)O)ccc32)nc1)C(=O)N1CCC[C@H]1B(O)O. The smallest absolute Gasteiger partial charge is 0.457 e. The number of hydrogen-bond donors (Lipinski definition) is 9. The highest BCUT2D eigenvalue weighted by Crippen LogP contribution is 2.49. The summed E-state index contributed by atoms with van der Waals surface area (Å²) < 4.78 is 145. The largest absolute Gasteiger partial charge is 0.475 e. The summed E-state index contributed by atoms with van der Waals surface area (Å²) in [4.78, 5) is 45.4. The van der Waals surface area contributed by atoms with E-state index in [1.54, 1.807) is 12.1 Å². The number of nitrogens with one attached hydrogen (secondary N) is 3. The first-order chi connectivity index (χ1) is 41.6. The van der Waals surface area contributed by atoms with Gasteiger partial charge in [-0.2, -0.15) is 38.2 Å². The third kappa shape index (κ3) is 16.3. The maximum absolute atomic E-state index is 13.0. The van der Waals surface area contributed by atoms with Crippen molar-refractivity contribution in [3.05, 3.63) is 143 Å². The number of carbonyl (C=O) groups excluding carboxylic acids is 3. The van der Waals surface area contributed by atoms with Crippen LogP contribution in [0, 0.1) is 0 Å². The number of ether oxygens (including phenoxy) is 1. The van der Waals surface area contributed by atoms with E-state index >= 15 is 0 Å². The molecular formula is C59H73BN7O18S4+. The van der Waals surface area contributed by atoms with Crippen molar-refractivity contribution in [1.82, 2.24) is 20.6 Å². The fourth-order valence-corrected chi connectivity index (χ4v) is 13.7. The molecule has 4 heterocycles. The lowest BCUT2D eigenvalue weighted by molar-refractivity contribution is -0.438. The zero-order valence-electron chi connectivity index (χ0n) is 49.7. The van der Waals surface area contributed by atoms with Crippen molar-refractivity contribution in [3.63, 3.8) is 0 Å². The Morgan fingerprint density at radius 3 is 2.07 bits per heavy atom. The van der Waals surface area contributed by atoms with Crippen LogP contribution in [0.25, 0.3) is 0 Å². The molecule has 1 aliphatic carbocycles. The van der Waals surface area contributed by atoms with Crippen molar-refractivity contribution in [1.29, 1.82) is 0 Å². The highest BCUT2D eigenvalue weighted by atomic mass is 32.2. The van der Waals surface area contributed by atoms with Gasteiger partial charge in [0.05, 0.1) is 37.4 Å². The van der Waals surface area contributed by atoms with Crippen LogP contribution in [0.5, 0.6) is 5.75 Å². The van der Waals surface area contributed by atoms with Crippen molar-refractivity contribution in [2.45, 2.75) is 143 Å². The number of rotatable bonds is 25. The standard InChI is InChI=1S/C59H72BN7O18S4/c1-38(57(70)67-33-12-15-52(67)60(71)72)62-56(69)41-19-30-53(61-37-41)63-64-54(68)16-7-6-8-31-65-48-26-24-44(88(79,80)81)35-46(48)58(2,3)50(65)28-17-39-13-11-14-40(55(39)85-42-20-22-43(23-21-42)87(76,77)78)18-29-51-59(4,5)47-36-45(89(82,83)84)25-27-49(47)66(51)32-9-10-34-86(73,74)75/h17-30,35-38,52,71-72H,6-16,31-34H2,1-5H3,(H6-,61,62,63,64,68,69,73,74,75,76,77,78,79,80,81,82,83,84)/p+1/t38-,52+/m1/s1. The summed E-state index contributed by atoms with van der Waals surface area (Å²) in [6.07, 6.45) is 13.6. The van der Waals surface area contributed by atoms with Gasteiger partial charge in [-0.1, -0.05) is 19.9 Å². The van der Waals surface area contributed by atoms with Crippen LogP contribution in [-0.4, -0.2) is 144 Å². The number of benzene rings is 3. The first kappa shape index (κ1) is 67.8. The molecule has 30 heteroatoms. The average Bonchev–Trinajstić information content (AvgIpc) is 1.84. The monoisotopic (exact) mass is 1310 g/mol. The summed E-state index contributed by atoms with van der Waals surface area (Å²) in [6, 6.07) is 15.8. The molecule has 9 N–H and O–H groups in total. The lowest BCUT2D eigenvalue weighted by Crippen LogP contribution is -2.52. The fraction of sp³-hybridized carbons (Fsp3) is 0.407. The third-order valence-electron chi connectivity index (χ3n) is 16.3. The third-order valence-corrected chi connectivity index (χ3v) is 19.7. The van der Waals surface area contributed by atoms with Crippen molar-refractivity contribution in [3.8, 4) is 5.75 Å². The molecule has 0 bridgehead atoms. The molecule has 2 atom stereocenters. The van der Waals surface area contributed by atoms with Crippen molar-refractivity contribution in [2.75, 3.05) is 35.7 Å². The summed E-state index contributed by atoms with van der Waals surface area (Å²) in [6.45, 7) is 10.1. The van der Waals surface area contributed by atoms with E-state index in [1.165, 1.54) is 78.7 Å². The summed E-state index contributed by atoms with van der Waals surface area (Å²) in [5.41, 5.74) is 9.07. The minimum Gasteiger partial charge on any atom is -0.457 e. The topological polar surface area (TPSA) is 377 Å². The molecule has 4 aliphatic rings. The maximum Gasteiger partial charge on any atom is 0.475 e.